The third-order valence-corrected chi connectivity index (χ3v) is 3.60. The highest BCUT2D eigenvalue weighted by Crippen LogP contribution is 2.38. The molecule has 3 heteroatoms. The Balaban J connectivity index is 2.06. The molecular weight excluding hydrogens is 243 g/mol. The SMILES string of the molecule is CC(O)(Cc1ccc(Cl)cc1Cl)CC1CC1. The van der Waals surface area contributed by atoms with Gasteiger partial charge in [0.15, 0.2) is 0 Å². The van der Waals surface area contributed by atoms with Crippen LogP contribution in [0, 0.1) is 5.92 Å². The average molecular weight is 259 g/mol. The summed E-state index contributed by atoms with van der Waals surface area (Å²) >= 11 is 11.9. The van der Waals surface area contributed by atoms with Crippen LogP contribution in [0.3, 0.4) is 0 Å². The van der Waals surface area contributed by atoms with Gasteiger partial charge in [0.25, 0.3) is 0 Å². The summed E-state index contributed by atoms with van der Waals surface area (Å²) in [6.07, 6.45) is 3.97. The van der Waals surface area contributed by atoms with Gasteiger partial charge >= 0.3 is 0 Å². The van der Waals surface area contributed by atoms with Gasteiger partial charge in [-0.25, -0.2) is 0 Å². The van der Waals surface area contributed by atoms with E-state index in [1.165, 1.54) is 12.8 Å². The minimum atomic E-state index is -0.654. The van der Waals surface area contributed by atoms with Gasteiger partial charge in [-0.15, -0.1) is 0 Å². The van der Waals surface area contributed by atoms with Crippen molar-refractivity contribution in [1.29, 1.82) is 0 Å². The summed E-state index contributed by atoms with van der Waals surface area (Å²) in [5, 5.41) is 11.6. The quantitative estimate of drug-likeness (QED) is 0.863. The lowest BCUT2D eigenvalue weighted by Gasteiger charge is -2.23. The molecule has 88 valence electrons. The molecule has 0 aliphatic heterocycles. The predicted molar refractivity (Wildman–Crippen MR) is 68.1 cm³/mol. The molecule has 1 nitrogen and oxygen atoms in total. The fourth-order valence-corrected chi connectivity index (χ4v) is 2.57. The molecule has 1 aliphatic carbocycles. The fourth-order valence-electron chi connectivity index (χ4n) is 2.09. The van der Waals surface area contributed by atoms with Crippen molar-refractivity contribution in [3.05, 3.63) is 33.8 Å². The van der Waals surface area contributed by atoms with Crippen molar-refractivity contribution in [2.24, 2.45) is 5.92 Å². The van der Waals surface area contributed by atoms with Crippen molar-refractivity contribution < 1.29 is 5.11 Å². The minimum Gasteiger partial charge on any atom is -0.390 e. The zero-order valence-corrected chi connectivity index (χ0v) is 10.9. The Morgan fingerprint density at radius 2 is 2.06 bits per heavy atom. The number of hydrogen-bond donors (Lipinski definition) is 1. The van der Waals surface area contributed by atoms with E-state index in [0.29, 0.717) is 22.4 Å². The molecule has 0 amide bonds. The number of hydrogen-bond acceptors (Lipinski definition) is 1. The second kappa shape index (κ2) is 4.56. The summed E-state index contributed by atoms with van der Waals surface area (Å²) in [4.78, 5) is 0. The lowest BCUT2D eigenvalue weighted by Crippen LogP contribution is -2.27. The van der Waals surface area contributed by atoms with E-state index in [2.05, 4.69) is 0 Å². The smallest absolute Gasteiger partial charge is 0.0663 e. The molecule has 16 heavy (non-hydrogen) atoms. The first-order valence-corrected chi connectivity index (χ1v) is 6.38. The van der Waals surface area contributed by atoms with E-state index in [1.807, 2.05) is 19.1 Å². The number of benzene rings is 1. The molecule has 1 atom stereocenters. The Hall–Kier alpha value is -0.240. The highest BCUT2D eigenvalue weighted by molar-refractivity contribution is 6.35. The summed E-state index contributed by atoms with van der Waals surface area (Å²) < 4.78 is 0. The lowest BCUT2D eigenvalue weighted by molar-refractivity contribution is 0.0455. The van der Waals surface area contributed by atoms with E-state index in [9.17, 15) is 5.11 Å². The molecule has 1 aromatic rings. The maximum atomic E-state index is 10.3. The number of rotatable bonds is 4. The van der Waals surface area contributed by atoms with Gasteiger partial charge < -0.3 is 5.11 Å². The first kappa shape index (κ1) is 12.2. The van der Waals surface area contributed by atoms with Gasteiger partial charge in [-0.3, -0.25) is 0 Å². The third kappa shape index (κ3) is 3.38. The second-order valence-electron chi connectivity index (χ2n) is 5.06. The molecule has 0 radical (unpaired) electrons. The third-order valence-electron chi connectivity index (χ3n) is 3.01. The van der Waals surface area contributed by atoms with Gasteiger partial charge in [-0.1, -0.05) is 42.1 Å². The predicted octanol–water partition coefficient (Wildman–Crippen LogP) is 4.09. The van der Waals surface area contributed by atoms with Crippen LogP contribution in [0.15, 0.2) is 18.2 Å². The Morgan fingerprint density at radius 1 is 1.38 bits per heavy atom. The molecule has 1 unspecified atom stereocenters. The average Bonchev–Trinajstić information content (AvgIpc) is 2.93. The molecule has 1 aliphatic rings. The van der Waals surface area contributed by atoms with Crippen LogP contribution in [-0.4, -0.2) is 10.7 Å². The Kier molecular flexibility index (Phi) is 3.48. The van der Waals surface area contributed by atoms with E-state index in [4.69, 9.17) is 23.2 Å². The Labute approximate surface area is 106 Å². The molecule has 1 aromatic carbocycles. The van der Waals surface area contributed by atoms with Crippen LogP contribution in [0.2, 0.25) is 10.0 Å². The Bertz CT molecular complexity index is 384. The summed E-state index contributed by atoms with van der Waals surface area (Å²) in [6.45, 7) is 1.89. The fraction of sp³-hybridized carbons (Fsp3) is 0.538. The topological polar surface area (TPSA) is 20.2 Å². The molecule has 1 saturated carbocycles. The van der Waals surface area contributed by atoms with Crippen LogP contribution in [0.1, 0.15) is 31.7 Å². The highest BCUT2D eigenvalue weighted by atomic mass is 35.5. The summed E-state index contributed by atoms with van der Waals surface area (Å²) in [5.74, 6) is 0.709. The maximum absolute atomic E-state index is 10.3. The van der Waals surface area contributed by atoms with E-state index in [0.717, 1.165) is 12.0 Å². The molecule has 0 aromatic heterocycles. The standard InChI is InChI=1S/C13H16Cl2O/c1-13(16,7-9-2-3-9)8-10-4-5-11(14)6-12(10)15/h4-6,9,16H,2-3,7-8H2,1H3. The summed E-state index contributed by atoms with van der Waals surface area (Å²) in [6, 6.07) is 5.44. The monoisotopic (exact) mass is 258 g/mol. The normalized spacial score (nSPS) is 19.5. The van der Waals surface area contributed by atoms with E-state index < -0.39 is 5.60 Å². The second-order valence-corrected chi connectivity index (χ2v) is 5.90. The van der Waals surface area contributed by atoms with Gasteiger partial charge in [0.2, 0.25) is 0 Å². The van der Waals surface area contributed by atoms with Crippen molar-refractivity contribution in [3.8, 4) is 0 Å². The molecule has 0 saturated heterocycles. The molecular formula is C13H16Cl2O. The first-order chi connectivity index (χ1) is 7.46. The van der Waals surface area contributed by atoms with Crippen molar-refractivity contribution in [2.45, 2.75) is 38.2 Å². The van der Waals surface area contributed by atoms with Crippen molar-refractivity contribution >= 4 is 23.2 Å². The van der Waals surface area contributed by atoms with E-state index in [-0.39, 0.29) is 0 Å². The molecule has 0 bridgehead atoms. The van der Waals surface area contributed by atoms with Crippen LogP contribution >= 0.6 is 23.2 Å². The van der Waals surface area contributed by atoms with Gasteiger partial charge in [0.05, 0.1) is 5.60 Å². The van der Waals surface area contributed by atoms with Crippen molar-refractivity contribution in [3.63, 3.8) is 0 Å². The molecule has 0 heterocycles. The highest BCUT2D eigenvalue weighted by Gasteiger charge is 2.32. The van der Waals surface area contributed by atoms with Crippen LogP contribution in [0.5, 0.6) is 0 Å². The molecule has 1 N–H and O–H groups in total. The maximum Gasteiger partial charge on any atom is 0.0663 e. The summed E-state index contributed by atoms with van der Waals surface area (Å²) in [5.41, 5.74) is 0.315. The van der Waals surface area contributed by atoms with Crippen molar-refractivity contribution in [2.75, 3.05) is 0 Å². The Morgan fingerprint density at radius 3 is 2.62 bits per heavy atom. The number of halogens is 2. The summed E-state index contributed by atoms with van der Waals surface area (Å²) in [7, 11) is 0. The first-order valence-electron chi connectivity index (χ1n) is 5.63. The molecule has 1 fully saturated rings. The van der Waals surface area contributed by atoms with Crippen molar-refractivity contribution in [1.82, 2.24) is 0 Å². The van der Waals surface area contributed by atoms with E-state index in [1.54, 1.807) is 6.07 Å². The van der Waals surface area contributed by atoms with Gasteiger partial charge in [0, 0.05) is 16.5 Å². The van der Waals surface area contributed by atoms with Gasteiger partial charge in [-0.05, 0) is 37.0 Å². The van der Waals surface area contributed by atoms with Gasteiger partial charge in [0.1, 0.15) is 0 Å². The number of aliphatic hydroxyl groups is 1. The van der Waals surface area contributed by atoms with E-state index >= 15 is 0 Å². The van der Waals surface area contributed by atoms with Crippen LogP contribution < -0.4 is 0 Å². The van der Waals surface area contributed by atoms with Crippen LogP contribution in [0.25, 0.3) is 0 Å². The van der Waals surface area contributed by atoms with Gasteiger partial charge in [-0.2, -0.15) is 0 Å². The zero-order valence-electron chi connectivity index (χ0n) is 9.34. The molecule has 2 rings (SSSR count). The zero-order chi connectivity index (χ0) is 11.8. The minimum absolute atomic E-state index is 0.597. The molecule has 0 spiro atoms. The van der Waals surface area contributed by atoms with Crippen LogP contribution in [-0.2, 0) is 6.42 Å². The van der Waals surface area contributed by atoms with Crippen LogP contribution in [0.4, 0.5) is 0 Å². The largest absolute Gasteiger partial charge is 0.390 e. The lowest BCUT2D eigenvalue weighted by atomic mass is 9.91.